The first kappa shape index (κ1) is 8.52. The Morgan fingerprint density at radius 2 is 1.92 bits per heavy atom. The van der Waals surface area contributed by atoms with Crippen LogP contribution in [0.15, 0.2) is 0 Å². The van der Waals surface area contributed by atoms with Crippen molar-refractivity contribution in [1.29, 1.82) is 0 Å². The highest BCUT2D eigenvalue weighted by molar-refractivity contribution is 4.86. The molecule has 0 bridgehead atoms. The first-order valence-electron chi connectivity index (χ1n) is 5.37. The molecule has 69 valence electrons. The van der Waals surface area contributed by atoms with Crippen molar-refractivity contribution in [2.45, 2.75) is 50.6 Å². The summed E-state index contributed by atoms with van der Waals surface area (Å²) in [5.41, 5.74) is 0. The van der Waals surface area contributed by atoms with Crippen LogP contribution in [0.2, 0.25) is 0 Å². The summed E-state index contributed by atoms with van der Waals surface area (Å²) in [4.78, 5) is 0. The summed E-state index contributed by atoms with van der Waals surface area (Å²) in [6.45, 7) is 2.33. The third kappa shape index (κ3) is 1.99. The van der Waals surface area contributed by atoms with Crippen LogP contribution in [0.25, 0.3) is 0 Å². The second-order valence-electron chi connectivity index (χ2n) is 4.03. The van der Waals surface area contributed by atoms with Crippen LogP contribution in [0.4, 0.5) is 0 Å². The van der Waals surface area contributed by atoms with Gasteiger partial charge in [0, 0.05) is 18.6 Å². The van der Waals surface area contributed by atoms with E-state index in [1.807, 2.05) is 0 Å². The molecule has 12 heavy (non-hydrogen) atoms. The zero-order valence-electron chi connectivity index (χ0n) is 7.76. The molecule has 2 unspecified atom stereocenters. The van der Waals surface area contributed by atoms with E-state index in [-0.39, 0.29) is 0 Å². The molecule has 2 atom stereocenters. The molecule has 0 aromatic rings. The molecular formula is C10H19N2. The minimum Gasteiger partial charge on any atom is -0.312 e. The van der Waals surface area contributed by atoms with Crippen LogP contribution in [0.3, 0.4) is 0 Å². The van der Waals surface area contributed by atoms with E-state index in [9.17, 15) is 0 Å². The van der Waals surface area contributed by atoms with Gasteiger partial charge in [-0.2, -0.15) is 0 Å². The van der Waals surface area contributed by atoms with Crippen molar-refractivity contribution < 1.29 is 0 Å². The summed E-state index contributed by atoms with van der Waals surface area (Å²) >= 11 is 0. The predicted molar refractivity (Wildman–Crippen MR) is 50.3 cm³/mol. The number of nitrogens with one attached hydrogen (secondary N) is 1. The molecule has 0 amide bonds. The van der Waals surface area contributed by atoms with E-state index in [4.69, 9.17) is 5.32 Å². The van der Waals surface area contributed by atoms with Crippen LogP contribution < -0.4 is 10.6 Å². The largest absolute Gasteiger partial charge is 0.312 e. The Balaban J connectivity index is 1.80. The number of nitrogens with zero attached hydrogens (tertiary/aromatic N) is 1. The van der Waals surface area contributed by atoms with Crippen LogP contribution >= 0.6 is 0 Å². The Kier molecular flexibility index (Phi) is 3.01. The van der Waals surface area contributed by atoms with E-state index in [0.717, 1.165) is 12.6 Å². The molecule has 2 aliphatic rings. The number of rotatable bonds is 1. The highest BCUT2D eigenvalue weighted by Crippen LogP contribution is 2.18. The standard InChI is InChI=1S/C10H19N2/c1-3-7-11-9(5-1)10-6-2-4-8-12-10/h9-11H,1-8H2. The van der Waals surface area contributed by atoms with Gasteiger partial charge in [0.15, 0.2) is 0 Å². The molecule has 0 spiro atoms. The Morgan fingerprint density at radius 3 is 2.58 bits per heavy atom. The molecule has 2 heterocycles. The Hall–Kier alpha value is -0.0800. The third-order valence-corrected chi connectivity index (χ3v) is 3.08. The van der Waals surface area contributed by atoms with E-state index < -0.39 is 0 Å². The van der Waals surface area contributed by atoms with Crippen LogP contribution in [-0.2, 0) is 0 Å². The molecule has 2 rings (SSSR count). The van der Waals surface area contributed by atoms with Gasteiger partial charge in [-0.25, -0.2) is 5.32 Å². The van der Waals surface area contributed by atoms with Gasteiger partial charge in [0.25, 0.3) is 0 Å². The van der Waals surface area contributed by atoms with Gasteiger partial charge in [0.05, 0.1) is 0 Å². The van der Waals surface area contributed by atoms with E-state index in [1.54, 1.807) is 0 Å². The molecule has 2 saturated heterocycles. The molecule has 2 heteroatoms. The zero-order chi connectivity index (χ0) is 8.23. The molecule has 2 fully saturated rings. The van der Waals surface area contributed by atoms with E-state index in [1.165, 1.54) is 45.1 Å². The highest BCUT2D eigenvalue weighted by atomic mass is 15.0. The fourth-order valence-electron chi connectivity index (χ4n) is 2.35. The van der Waals surface area contributed by atoms with Crippen molar-refractivity contribution in [2.24, 2.45) is 0 Å². The molecule has 0 aliphatic carbocycles. The maximum atomic E-state index is 4.69. The van der Waals surface area contributed by atoms with Crippen molar-refractivity contribution in [3.63, 3.8) is 0 Å². The van der Waals surface area contributed by atoms with Crippen molar-refractivity contribution in [1.82, 2.24) is 10.6 Å². The van der Waals surface area contributed by atoms with Gasteiger partial charge in [-0.3, -0.25) is 0 Å². The lowest BCUT2D eigenvalue weighted by molar-refractivity contribution is 0.268. The summed E-state index contributed by atoms with van der Waals surface area (Å²) in [5.74, 6) is 0. The molecule has 0 aromatic heterocycles. The maximum absolute atomic E-state index is 4.69. The lowest BCUT2D eigenvalue weighted by atomic mass is 9.92. The monoisotopic (exact) mass is 167 g/mol. The number of piperidine rings is 2. The van der Waals surface area contributed by atoms with Crippen molar-refractivity contribution >= 4 is 0 Å². The molecule has 1 radical (unpaired) electrons. The van der Waals surface area contributed by atoms with Gasteiger partial charge in [0.2, 0.25) is 0 Å². The van der Waals surface area contributed by atoms with Gasteiger partial charge in [-0.15, -0.1) is 0 Å². The highest BCUT2D eigenvalue weighted by Gasteiger charge is 2.24. The van der Waals surface area contributed by atoms with Crippen molar-refractivity contribution in [3.05, 3.63) is 0 Å². The average molecular weight is 167 g/mol. The summed E-state index contributed by atoms with van der Waals surface area (Å²) in [6.07, 6.45) is 8.17. The SMILES string of the molecule is C1CCC(C2CCCCN2)[N]C1. The molecule has 0 aromatic carbocycles. The summed E-state index contributed by atoms with van der Waals surface area (Å²) in [7, 11) is 0. The topological polar surface area (TPSA) is 26.1 Å². The number of hydrogen-bond acceptors (Lipinski definition) is 1. The summed E-state index contributed by atoms with van der Waals surface area (Å²) in [5, 5.41) is 8.29. The Bertz CT molecular complexity index is 108. The Labute approximate surface area is 75.1 Å². The normalized spacial score (nSPS) is 38.0. The van der Waals surface area contributed by atoms with E-state index >= 15 is 0 Å². The van der Waals surface area contributed by atoms with Gasteiger partial charge in [0.1, 0.15) is 0 Å². The van der Waals surface area contributed by atoms with Crippen molar-refractivity contribution in [2.75, 3.05) is 13.1 Å². The first-order chi connectivity index (χ1) is 5.97. The van der Waals surface area contributed by atoms with Crippen LogP contribution in [-0.4, -0.2) is 25.2 Å². The van der Waals surface area contributed by atoms with Gasteiger partial charge >= 0.3 is 0 Å². The number of hydrogen-bond donors (Lipinski definition) is 1. The predicted octanol–water partition coefficient (Wildman–Crippen LogP) is 1.29. The molecule has 1 N–H and O–H groups in total. The smallest absolute Gasteiger partial charge is 0.0399 e. The van der Waals surface area contributed by atoms with Gasteiger partial charge in [-0.05, 0) is 32.2 Å². The minimum atomic E-state index is 0.652. The summed E-state index contributed by atoms with van der Waals surface area (Å²) < 4.78 is 0. The molecular weight excluding hydrogens is 148 g/mol. The maximum Gasteiger partial charge on any atom is 0.0399 e. The fraction of sp³-hybridized carbons (Fsp3) is 1.00. The second kappa shape index (κ2) is 4.24. The quantitative estimate of drug-likeness (QED) is 0.625. The second-order valence-corrected chi connectivity index (χ2v) is 4.03. The fourth-order valence-corrected chi connectivity index (χ4v) is 2.35. The Morgan fingerprint density at radius 1 is 1.00 bits per heavy atom. The van der Waals surface area contributed by atoms with Gasteiger partial charge < -0.3 is 5.32 Å². The van der Waals surface area contributed by atoms with Gasteiger partial charge in [-0.1, -0.05) is 12.8 Å². The molecule has 2 aliphatic heterocycles. The first-order valence-corrected chi connectivity index (χ1v) is 5.37. The average Bonchev–Trinajstić information content (AvgIpc) is 2.21. The lowest BCUT2D eigenvalue weighted by Gasteiger charge is -2.33. The zero-order valence-corrected chi connectivity index (χ0v) is 7.76. The third-order valence-electron chi connectivity index (χ3n) is 3.08. The van der Waals surface area contributed by atoms with Crippen LogP contribution in [0, 0.1) is 0 Å². The minimum absolute atomic E-state index is 0.652. The van der Waals surface area contributed by atoms with Crippen molar-refractivity contribution in [3.8, 4) is 0 Å². The van der Waals surface area contributed by atoms with E-state index in [0.29, 0.717) is 6.04 Å². The summed E-state index contributed by atoms with van der Waals surface area (Å²) in [6, 6.07) is 1.37. The van der Waals surface area contributed by atoms with Crippen LogP contribution in [0.1, 0.15) is 38.5 Å². The van der Waals surface area contributed by atoms with E-state index in [2.05, 4.69) is 5.32 Å². The van der Waals surface area contributed by atoms with Crippen LogP contribution in [0.5, 0.6) is 0 Å². The lowest BCUT2D eigenvalue weighted by Crippen LogP contribution is -2.48. The molecule has 2 nitrogen and oxygen atoms in total. The molecule has 0 saturated carbocycles.